The van der Waals surface area contributed by atoms with Crippen LogP contribution in [0.4, 0.5) is 5.82 Å². The van der Waals surface area contributed by atoms with Gasteiger partial charge in [-0.25, -0.2) is 9.97 Å². The van der Waals surface area contributed by atoms with Gasteiger partial charge in [0.15, 0.2) is 5.52 Å². The van der Waals surface area contributed by atoms with E-state index in [4.69, 9.17) is 12.7 Å². The number of fused-ring (bicyclic) bond motifs is 1. The van der Waals surface area contributed by atoms with Crippen molar-refractivity contribution in [1.82, 2.24) is 14.4 Å². The average Bonchev–Trinajstić information content (AvgIpc) is 2.60. The van der Waals surface area contributed by atoms with Crippen LogP contribution in [0.2, 0.25) is 0 Å². The van der Waals surface area contributed by atoms with Crippen molar-refractivity contribution < 1.29 is 4.74 Å². The number of aromatic nitrogens is 3. The summed E-state index contributed by atoms with van der Waals surface area (Å²) in [6, 6.07) is 0. The monoisotopic (exact) mass is 174 g/mol. The number of hydrogen-bond donors (Lipinski definition) is 1. The minimum Gasteiger partial charge on any atom is -0.479 e. The molecule has 0 aliphatic heterocycles. The largest absolute Gasteiger partial charge is 0.479 e. The van der Waals surface area contributed by atoms with Gasteiger partial charge in [-0.3, -0.25) is 4.40 Å². The Morgan fingerprint density at radius 2 is 2.38 bits per heavy atom. The predicted molar refractivity (Wildman–Crippen MR) is 48.9 cm³/mol. The summed E-state index contributed by atoms with van der Waals surface area (Å²) in [5, 5.41) is 2.47. The Balaban J connectivity index is 2.76. The van der Waals surface area contributed by atoms with Gasteiger partial charge < -0.3 is 9.96 Å². The Kier molecular flexibility index (Phi) is 1.81. The lowest BCUT2D eigenvalue weighted by Crippen LogP contribution is -1.96. The molecule has 0 fully saturated rings. The SMILES string of the molecule is [B]Nc1ncn2ccnc(OC)c12. The molecule has 0 saturated heterocycles. The van der Waals surface area contributed by atoms with E-state index in [1.54, 1.807) is 30.2 Å². The third kappa shape index (κ3) is 1.10. The maximum absolute atomic E-state index is 5.27. The van der Waals surface area contributed by atoms with E-state index in [9.17, 15) is 0 Å². The van der Waals surface area contributed by atoms with Crippen LogP contribution in [0.3, 0.4) is 0 Å². The highest BCUT2D eigenvalue weighted by Crippen LogP contribution is 2.22. The molecule has 2 heterocycles. The number of anilines is 1. The lowest BCUT2D eigenvalue weighted by Gasteiger charge is -2.02. The highest BCUT2D eigenvalue weighted by Gasteiger charge is 2.08. The summed E-state index contributed by atoms with van der Waals surface area (Å²) in [6.07, 6.45) is 5.04. The third-order valence-electron chi connectivity index (χ3n) is 1.75. The first kappa shape index (κ1) is 7.91. The fourth-order valence-corrected chi connectivity index (χ4v) is 1.17. The van der Waals surface area contributed by atoms with Crippen LogP contribution >= 0.6 is 0 Å². The number of methoxy groups -OCH3 is 1. The molecule has 2 aromatic rings. The molecule has 0 aliphatic rings. The molecule has 2 aromatic heterocycles. The summed E-state index contributed by atoms with van der Waals surface area (Å²) in [7, 11) is 6.83. The Hall–Kier alpha value is -1.72. The van der Waals surface area contributed by atoms with Gasteiger partial charge in [0.2, 0.25) is 13.9 Å². The van der Waals surface area contributed by atoms with Crippen LogP contribution in [-0.2, 0) is 0 Å². The zero-order chi connectivity index (χ0) is 9.26. The molecular weight excluding hydrogens is 167 g/mol. The minimum absolute atomic E-state index is 0.493. The number of rotatable bonds is 2. The zero-order valence-electron chi connectivity index (χ0n) is 7.06. The van der Waals surface area contributed by atoms with E-state index in [0.717, 1.165) is 5.52 Å². The molecule has 1 N–H and O–H groups in total. The molecule has 0 bridgehead atoms. The van der Waals surface area contributed by atoms with E-state index in [2.05, 4.69) is 15.2 Å². The predicted octanol–water partition coefficient (Wildman–Crippen LogP) is 0.233. The van der Waals surface area contributed by atoms with Crippen LogP contribution in [0.15, 0.2) is 18.7 Å². The average molecular weight is 174 g/mol. The van der Waals surface area contributed by atoms with Gasteiger partial charge in [-0.05, 0) is 0 Å². The van der Waals surface area contributed by atoms with Gasteiger partial charge in [0, 0.05) is 12.4 Å². The van der Waals surface area contributed by atoms with Gasteiger partial charge in [-0.2, -0.15) is 0 Å². The van der Waals surface area contributed by atoms with Crippen LogP contribution in [0.1, 0.15) is 0 Å². The van der Waals surface area contributed by atoms with E-state index in [1.807, 2.05) is 0 Å². The number of imidazole rings is 1. The van der Waals surface area contributed by atoms with Crippen molar-refractivity contribution in [3.8, 4) is 5.88 Å². The van der Waals surface area contributed by atoms with Gasteiger partial charge in [0.05, 0.1) is 7.11 Å². The molecule has 13 heavy (non-hydrogen) atoms. The lowest BCUT2D eigenvalue weighted by molar-refractivity contribution is 0.401. The second kappa shape index (κ2) is 2.97. The van der Waals surface area contributed by atoms with Crippen molar-refractivity contribution in [3.63, 3.8) is 0 Å². The van der Waals surface area contributed by atoms with Gasteiger partial charge >= 0.3 is 0 Å². The molecule has 0 spiro atoms. The molecule has 5 nitrogen and oxygen atoms in total. The molecular formula is C7H7BN4O. The standard InChI is InChI=1S/C7H7BN4O/c1-13-7-5-6(11-8)10-4-12(5)3-2-9-7/h2-4,11H,1H3. The molecule has 0 amide bonds. The van der Waals surface area contributed by atoms with Crippen LogP contribution in [0, 0.1) is 0 Å². The molecule has 2 radical (unpaired) electrons. The first-order chi connectivity index (χ1) is 6.36. The Labute approximate surface area is 76.2 Å². The summed E-state index contributed by atoms with van der Waals surface area (Å²) in [6.45, 7) is 0. The van der Waals surface area contributed by atoms with Crippen LogP contribution in [0.5, 0.6) is 5.88 Å². The summed E-state index contributed by atoms with van der Waals surface area (Å²) in [4.78, 5) is 8.06. The van der Waals surface area contributed by atoms with Crippen molar-refractivity contribution in [3.05, 3.63) is 18.7 Å². The molecule has 0 atom stereocenters. The fourth-order valence-electron chi connectivity index (χ4n) is 1.17. The first-order valence-electron chi connectivity index (χ1n) is 3.69. The van der Waals surface area contributed by atoms with E-state index in [-0.39, 0.29) is 0 Å². The van der Waals surface area contributed by atoms with Crippen molar-refractivity contribution in [2.45, 2.75) is 0 Å². The smallest absolute Gasteiger partial charge is 0.241 e. The van der Waals surface area contributed by atoms with Gasteiger partial charge in [-0.1, -0.05) is 0 Å². The third-order valence-corrected chi connectivity index (χ3v) is 1.75. The van der Waals surface area contributed by atoms with Gasteiger partial charge in [0.1, 0.15) is 12.1 Å². The van der Waals surface area contributed by atoms with Crippen molar-refractivity contribution in [1.29, 1.82) is 0 Å². The normalized spacial score (nSPS) is 10.2. The quantitative estimate of drug-likeness (QED) is 0.662. The Morgan fingerprint density at radius 1 is 1.54 bits per heavy atom. The molecule has 0 unspecified atom stereocenters. The lowest BCUT2D eigenvalue weighted by atomic mass is 10.4. The molecule has 0 aliphatic carbocycles. The second-order valence-electron chi connectivity index (χ2n) is 2.43. The molecule has 64 valence electrons. The van der Waals surface area contributed by atoms with E-state index in [1.165, 1.54) is 0 Å². The minimum atomic E-state index is 0.493. The number of hydrogen-bond acceptors (Lipinski definition) is 4. The van der Waals surface area contributed by atoms with E-state index >= 15 is 0 Å². The van der Waals surface area contributed by atoms with Crippen molar-refractivity contribution in [2.24, 2.45) is 0 Å². The summed E-state index contributed by atoms with van der Waals surface area (Å²) in [5.41, 5.74) is 0.729. The van der Waals surface area contributed by atoms with E-state index in [0.29, 0.717) is 11.7 Å². The highest BCUT2D eigenvalue weighted by atomic mass is 16.5. The molecule has 6 heteroatoms. The maximum Gasteiger partial charge on any atom is 0.241 e. The highest BCUT2D eigenvalue weighted by molar-refractivity contribution is 6.17. The Bertz CT molecular complexity index is 427. The van der Waals surface area contributed by atoms with Gasteiger partial charge in [0.25, 0.3) is 0 Å². The summed E-state index contributed by atoms with van der Waals surface area (Å²) >= 11 is 0. The fraction of sp³-hybridized carbons (Fsp3) is 0.143. The van der Waals surface area contributed by atoms with Crippen LogP contribution in [-0.4, -0.2) is 29.5 Å². The first-order valence-corrected chi connectivity index (χ1v) is 3.69. The number of nitrogens with zero attached hydrogens (tertiary/aromatic N) is 3. The number of nitrogens with one attached hydrogen (secondary N) is 1. The molecule has 0 saturated carbocycles. The molecule has 0 aromatic carbocycles. The zero-order valence-corrected chi connectivity index (χ0v) is 7.06. The van der Waals surface area contributed by atoms with Crippen molar-refractivity contribution in [2.75, 3.05) is 12.3 Å². The Morgan fingerprint density at radius 3 is 3.08 bits per heavy atom. The topological polar surface area (TPSA) is 51.5 Å². The van der Waals surface area contributed by atoms with Crippen LogP contribution < -0.4 is 9.96 Å². The van der Waals surface area contributed by atoms with E-state index < -0.39 is 0 Å². The van der Waals surface area contributed by atoms with Crippen LogP contribution in [0.25, 0.3) is 5.52 Å². The molecule has 2 rings (SSSR count). The van der Waals surface area contributed by atoms with Crippen molar-refractivity contribution >= 4 is 19.3 Å². The maximum atomic E-state index is 5.27. The van der Waals surface area contributed by atoms with Gasteiger partial charge in [-0.15, -0.1) is 0 Å². The summed E-state index contributed by atoms with van der Waals surface area (Å²) < 4.78 is 6.84. The number of ether oxygens (including phenoxy) is 1. The summed E-state index contributed by atoms with van der Waals surface area (Å²) in [5.74, 6) is 1.04. The second-order valence-corrected chi connectivity index (χ2v) is 2.43.